The molecule has 0 N–H and O–H groups in total. The lowest BCUT2D eigenvalue weighted by Crippen LogP contribution is -2.05. The van der Waals surface area contributed by atoms with E-state index < -0.39 is 0 Å². The zero-order valence-corrected chi connectivity index (χ0v) is 9.40. The third-order valence-electron chi connectivity index (χ3n) is 2.16. The van der Waals surface area contributed by atoms with Crippen LogP contribution in [0.1, 0.15) is 25.6 Å². The Bertz CT molecular complexity index is 447. The maximum absolute atomic E-state index is 5.76. The van der Waals surface area contributed by atoms with Crippen molar-refractivity contribution in [2.75, 3.05) is 0 Å². The number of hydrogen-bond acceptors (Lipinski definition) is 3. The highest BCUT2D eigenvalue weighted by molar-refractivity contribution is 6.17. The van der Waals surface area contributed by atoms with E-state index in [1.165, 1.54) is 6.39 Å². The van der Waals surface area contributed by atoms with E-state index in [0.717, 1.165) is 11.4 Å². The van der Waals surface area contributed by atoms with E-state index in [9.17, 15) is 0 Å². The number of hydrogen-bond donors (Lipinski definition) is 0. The van der Waals surface area contributed by atoms with E-state index in [1.807, 2.05) is 10.7 Å². The van der Waals surface area contributed by atoms with Gasteiger partial charge >= 0.3 is 0 Å². The summed E-state index contributed by atoms with van der Waals surface area (Å²) in [5.41, 5.74) is 1.71. The topological polar surface area (TPSA) is 43.9 Å². The quantitative estimate of drug-likeness (QED) is 0.755. The lowest BCUT2D eigenvalue weighted by Gasteiger charge is -2.09. The SMILES string of the molecule is CC(C)n1nccc1-c1ncoc1CCl. The molecular formula is C10H12ClN3O. The monoisotopic (exact) mass is 225 g/mol. The Kier molecular flexibility index (Phi) is 2.77. The summed E-state index contributed by atoms with van der Waals surface area (Å²) in [6.07, 6.45) is 3.16. The van der Waals surface area contributed by atoms with Crippen molar-refractivity contribution in [3.8, 4) is 11.4 Å². The summed E-state index contributed by atoms with van der Waals surface area (Å²) < 4.78 is 7.08. The van der Waals surface area contributed by atoms with E-state index in [0.29, 0.717) is 11.6 Å². The zero-order valence-electron chi connectivity index (χ0n) is 8.64. The highest BCUT2D eigenvalue weighted by Crippen LogP contribution is 2.25. The second-order valence-corrected chi connectivity index (χ2v) is 3.78. The van der Waals surface area contributed by atoms with Crippen molar-refractivity contribution in [1.29, 1.82) is 0 Å². The first-order chi connectivity index (χ1) is 7.24. The summed E-state index contributed by atoms with van der Waals surface area (Å²) in [7, 11) is 0. The van der Waals surface area contributed by atoms with Gasteiger partial charge in [0.25, 0.3) is 0 Å². The van der Waals surface area contributed by atoms with Crippen molar-refractivity contribution in [2.24, 2.45) is 0 Å². The number of aromatic nitrogens is 3. The molecule has 15 heavy (non-hydrogen) atoms. The van der Waals surface area contributed by atoms with E-state index in [4.69, 9.17) is 16.0 Å². The number of halogens is 1. The Balaban J connectivity index is 2.49. The first kappa shape index (κ1) is 10.2. The summed E-state index contributed by atoms with van der Waals surface area (Å²) in [5.74, 6) is 0.998. The number of oxazole rings is 1. The molecule has 0 radical (unpaired) electrons. The largest absolute Gasteiger partial charge is 0.446 e. The molecule has 0 saturated carbocycles. The van der Waals surface area contributed by atoms with Gasteiger partial charge in [-0.25, -0.2) is 4.98 Å². The number of rotatable bonds is 3. The molecule has 0 fully saturated rings. The summed E-state index contributed by atoms with van der Waals surface area (Å²) in [6.45, 7) is 4.13. The minimum atomic E-state index is 0.287. The molecule has 0 amide bonds. The molecule has 5 heteroatoms. The highest BCUT2D eigenvalue weighted by atomic mass is 35.5. The van der Waals surface area contributed by atoms with E-state index >= 15 is 0 Å². The summed E-state index contributed by atoms with van der Waals surface area (Å²) in [4.78, 5) is 4.16. The van der Waals surface area contributed by atoms with Gasteiger partial charge in [0.2, 0.25) is 0 Å². The predicted octanol–water partition coefficient (Wildman–Crippen LogP) is 2.86. The Morgan fingerprint density at radius 1 is 1.53 bits per heavy atom. The van der Waals surface area contributed by atoms with Gasteiger partial charge in [-0.15, -0.1) is 11.6 Å². The molecule has 80 valence electrons. The molecular weight excluding hydrogens is 214 g/mol. The van der Waals surface area contributed by atoms with Crippen molar-refractivity contribution >= 4 is 11.6 Å². The predicted molar refractivity (Wildman–Crippen MR) is 57.7 cm³/mol. The van der Waals surface area contributed by atoms with E-state index in [1.54, 1.807) is 6.20 Å². The lowest BCUT2D eigenvalue weighted by atomic mass is 10.2. The molecule has 0 atom stereocenters. The normalized spacial score (nSPS) is 11.2. The van der Waals surface area contributed by atoms with Crippen LogP contribution >= 0.6 is 11.6 Å². The van der Waals surface area contributed by atoms with Crippen LogP contribution in [0.2, 0.25) is 0 Å². The van der Waals surface area contributed by atoms with Crippen LogP contribution in [-0.4, -0.2) is 14.8 Å². The Morgan fingerprint density at radius 3 is 3.00 bits per heavy atom. The second-order valence-electron chi connectivity index (χ2n) is 3.51. The molecule has 0 bridgehead atoms. The molecule has 4 nitrogen and oxygen atoms in total. The molecule has 0 spiro atoms. The molecule has 0 aromatic carbocycles. The van der Waals surface area contributed by atoms with Crippen LogP contribution in [0, 0.1) is 0 Å². The van der Waals surface area contributed by atoms with Crippen molar-refractivity contribution in [3.63, 3.8) is 0 Å². The molecule has 0 saturated heterocycles. The smallest absolute Gasteiger partial charge is 0.181 e. The van der Waals surface area contributed by atoms with Gasteiger partial charge < -0.3 is 4.42 Å². The van der Waals surface area contributed by atoms with Gasteiger partial charge in [-0.3, -0.25) is 4.68 Å². The molecule has 0 unspecified atom stereocenters. The molecule has 2 aromatic rings. The first-order valence-electron chi connectivity index (χ1n) is 4.76. The Morgan fingerprint density at radius 2 is 2.33 bits per heavy atom. The van der Waals surface area contributed by atoms with E-state index in [-0.39, 0.29) is 6.04 Å². The fourth-order valence-corrected chi connectivity index (χ4v) is 1.68. The fraction of sp³-hybridized carbons (Fsp3) is 0.400. The molecule has 2 aromatic heterocycles. The summed E-state index contributed by atoms with van der Waals surface area (Å²) in [5, 5.41) is 4.24. The minimum Gasteiger partial charge on any atom is -0.446 e. The maximum Gasteiger partial charge on any atom is 0.181 e. The van der Waals surface area contributed by atoms with Gasteiger partial charge in [0.05, 0.1) is 11.6 Å². The fourth-order valence-electron chi connectivity index (χ4n) is 1.49. The van der Waals surface area contributed by atoms with Crippen molar-refractivity contribution in [2.45, 2.75) is 25.8 Å². The number of nitrogens with zero attached hydrogens (tertiary/aromatic N) is 3. The Labute approximate surface area is 92.9 Å². The van der Waals surface area contributed by atoms with Crippen LogP contribution in [-0.2, 0) is 5.88 Å². The van der Waals surface area contributed by atoms with Gasteiger partial charge in [-0.05, 0) is 19.9 Å². The van der Waals surface area contributed by atoms with Gasteiger partial charge in [0.15, 0.2) is 6.39 Å². The van der Waals surface area contributed by atoms with Crippen molar-refractivity contribution in [1.82, 2.24) is 14.8 Å². The van der Waals surface area contributed by atoms with Crippen LogP contribution < -0.4 is 0 Å². The van der Waals surface area contributed by atoms with E-state index in [2.05, 4.69) is 23.9 Å². The molecule has 0 aliphatic carbocycles. The van der Waals surface area contributed by atoms with Crippen LogP contribution in [0.5, 0.6) is 0 Å². The average molecular weight is 226 g/mol. The minimum absolute atomic E-state index is 0.287. The van der Waals surface area contributed by atoms with Gasteiger partial charge in [0, 0.05) is 12.2 Å². The lowest BCUT2D eigenvalue weighted by molar-refractivity contribution is 0.519. The maximum atomic E-state index is 5.76. The number of alkyl halides is 1. The van der Waals surface area contributed by atoms with Crippen LogP contribution in [0.4, 0.5) is 0 Å². The third-order valence-corrected chi connectivity index (χ3v) is 2.41. The summed E-state index contributed by atoms with van der Waals surface area (Å²) in [6, 6.07) is 2.20. The first-order valence-corrected chi connectivity index (χ1v) is 5.29. The zero-order chi connectivity index (χ0) is 10.8. The standard InChI is InChI=1S/C10H12ClN3O/c1-7(2)14-8(3-4-13-14)10-9(5-11)15-6-12-10/h3-4,6-7H,5H2,1-2H3. The average Bonchev–Trinajstić information content (AvgIpc) is 2.85. The van der Waals surface area contributed by atoms with Gasteiger partial charge in [0.1, 0.15) is 11.5 Å². The molecule has 0 aliphatic heterocycles. The second kappa shape index (κ2) is 4.06. The van der Waals surface area contributed by atoms with Crippen LogP contribution in [0.3, 0.4) is 0 Å². The Hall–Kier alpha value is -1.29. The molecule has 0 aliphatic rings. The van der Waals surface area contributed by atoms with Gasteiger partial charge in [-0.1, -0.05) is 0 Å². The third kappa shape index (κ3) is 1.77. The van der Waals surface area contributed by atoms with Crippen LogP contribution in [0.15, 0.2) is 23.1 Å². The van der Waals surface area contributed by atoms with Gasteiger partial charge in [-0.2, -0.15) is 5.10 Å². The van der Waals surface area contributed by atoms with Crippen molar-refractivity contribution in [3.05, 3.63) is 24.4 Å². The van der Waals surface area contributed by atoms with Crippen molar-refractivity contribution < 1.29 is 4.42 Å². The summed E-state index contributed by atoms with van der Waals surface area (Å²) >= 11 is 5.76. The molecule has 2 rings (SSSR count). The molecule has 2 heterocycles. The highest BCUT2D eigenvalue weighted by Gasteiger charge is 2.15. The van der Waals surface area contributed by atoms with Crippen LogP contribution in [0.25, 0.3) is 11.4 Å².